The highest BCUT2D eigenvalue weighted by atomic mass is 16.6. The van der Waals surface area contributed by atoms with Crippen LogP contribution in [0.3, 0.4) is 0 Å². The molecule has 0 aromatic heterocycles. The van der Waals surface area contributed by atoms with Gasteiger partial charge in [0.25, 0.3) is 0 Å². The van der Waals surface area contributed by atoms with Gasteiger partial charge in [0.2, 0.25) is 0 Å². The third-order valence-corrected chi connectivity index (χ3v) is 2.97. The molecule has 0 aromatic carbocycles. The van der Waals surface area contributed by atoms with Gasteiger partial charge in [-0.3, -0.25) is 9.59 Å². The molecule has 0 bridgehead atoms. The lowest BCUT2D eigenvalue weighted by Crippen LogP contribution is -2.18. The van der Waals surface area contributed by atoms with E-state index >= 15 is 0 Å². The summed E-state index contributed by atoms with van der Waals surface area (Å²) < 4.78 is 24.5. The van der Waals surface area contributed by atoms with E-state index in [1.54, 1.807) is 6.92 Å². The van der Waals surface area contributed by atoms with Gasteiger partial charge in [0.15, 0.2) is 0 Å². The van der Waals surface area contributed by atoms with Crippen molar-refractivity contribution < 1.29 is 42.9 Å². The highest BCUT2D eigenvalue weighted by molar-refractivity contribution is 5.81. The van der Waals surface area contributed by atoms with Crippen molar-refractivity contribution in [3.8, 4) is 0 Å². The Morgan fingerprint density at radius 2 is 1.19 bits per heavy atom. The van der Waals surface area contributed by atoms with Crippen molar-refractivity contribution in [2.24, 2.45) is 0 Å². The molecule has 0 saturated heterocycles. The van der Waals surface area contributed by atoms with Crippen LogP contribution in [0.5, 0.6) is 0 Å². The summed E-state index contributed by atoms with van der Waals surface area (Å²) in [4.78, 5) is 44.5. The number of hydrogen-bond acceptors (Lipinski definition) is 9. The number of carbonyl (C=O) groups excluding carboxylic acids is 4. The smallest absolute Gasteiger partial charge is 0.330 e. The summed E-state index contributed by atoms with van der Waals surface area (Å²) in [6, 6.07) is 0. The number of hydrogen-bond donors (Lipinski definition) is 0. The van der Waals surface area contributed by atoms with Crippen LogP contribution in [0.25, 0.3) is 0 Å². The third kappa shape index (κ3) is 15.3. The average Bonchev–Trinajstić information content (AvgIpc) is 2.66. The molecule has 0 rings (SSSR count). The lowest BCUT2D eigenvalue weighted by molar-refractivity contribution is -0.153. The Bertz CT molecular complexity index is 513. The summed E-state index contributed by atoms with van der Waals surface area (Å²) in [7, 11) is 0. The lowest BCUT2D eigenvalue weighted by atomic mass is 10.3. The zero-order valence-electron chi connectivity index (χ0n) is 15.5. The summed E-state index contributed by atoms with van der Waals surface area (Å²) in [5, 5.41) is 0. The molecular weight excluding hydrogens is 360 g/mol. The second-order valence-electron chi connectivity index (χ2n) is 5.15. The third-order valence-electron chi connectivity index (χ3n) is 2.97. The van der Waals surface area contributed by atoms with Gasteiger partial charge in [-0.25, -0.2) is 9.59 Å². The van der Waals surface area contributed by atoms with Gasteiger partial charge >= 0.3 is 23.9 Å². The van der Waals surface area contributed by atoms with Crippen LogP contribution < -0.4 is 0 Å². The van der Waals surface area contributed by atoms with Crippen molar-refractivity contribution in [2.75, 3.05) is 33.0 Å². The molecule has 0 aliphatic carbocycles. The van der Waals surface area contributed by atoms with Crippen LogP contribution in [0.2, 0.25) is 0 Å². The second kappa shape index (κ2) is 15.6. The van der Waals surface area contributed by atoms with Gasteiger partial charge in [0.05, 0.1) is 32.2 Å². The number of esters is 4. The molecule has 1 unspecified atom stereocenters. The molecule has 0 amide bonds. The zero-order valence-corrected chi connectivity index (χ0v) is 15.5. The normalized spacial score (nSPS) is 11.0. The predicted molar refractivity (Wildman–Crippen MR) is 93.5 cm³/mol. The van der Waals surface area contributed by atoms with Gasteiger partial charge in [-0.05, 0) is 6.92 Å². The Hall–Kier alpha value is -2.68. The minimum absolute atomic E-state index is 0.0777. The fourth-order valence-electron chi connectivity index (χ4n) is 1.58. The standard InChI is InChI=1S/C18H26O9/c1-4-15(19)25-11-10-23-14(3)8-9-24-17(21)6-7-18(22)27-13-12-26-16(20)5-2/h4-5,14H,1-2,6-13H2,3H3. The molecule has 0 aromatic rings. The maximum absolute atomic E-state index is 11.5. The highest BCUT2D eigenvalue weighted by Crippen LogP contribution is 2.01. The SMILES string of the molecule is C=CC(=O)OCCOC(=O)CCC(=O)OCCC(C)OCCOC(=O)C=C. The molecule has 0 heterocycles. The molecule has 0 aliphatic rings. The van der Waals surface area contributed by atoms with Crippen molar-refractivity contribution in [1.82, 2.24) is 0 Å². The van der Waals surface area contributed by atoms with E-state index in [0.29, 0.717) is 6.42 Å². The van der Waals surface area contributed by atoms with E-state index < -0.39 is 23.9 Å². The first-order chi connectivity index (χ1) is 12.9. The van der Waals surface area contributed by atoms with Crippen LogP contribution in [0, 0.1) is 0 Å². The molecule has 0 saturated carbocycles. The van der Waals surface area contributed by atoms with Crippen LogP contribution in [-0.4, -0.2) is 63.0 Å². The van der Waals surface area contributed by atoms with E-state index in [2.05, 4.69) is 17.9 Å². The molecule has 9 heteroatoms. The van der Waals surface area contributed by atoms with Gasteiger partial charge in [-0.1, -0.05) is 13.2 Å². The van der Waals surface area contributed by atoms with Crippen molar-refractivity contribution in [2.45, 2.75) is 32.3 Å². The summed E-state index contributed by atoms with van der Waals surface area (Å²) >= 11 is 0. The molecule has 9 nitrogen and oxygen atoms in total. The minimum Gasteiger partial charge on any atom is -0.466 e. The monoisotopic (exact) mass is 386 g/mol. The fraction of sp³-hybridized carbons (Fsp3) is 0.556. The maximum atomic E-state index is 11.5. The van der Waals surface area contributed by atoms with Crippen LogP contribution in [-0.2, 0) is 42.9 Å². The Morgan fingerprint density at radius 1 is 0.741 bits per heavy atom. The van der Waals surface area contributed by atoms with E-state index in [-0.39, 0.29) is 52.0 Å². The van der Waals surface area contributed by atoms with E-state index in [9.17, 15) is 19.2 Å². The average molecular weight is 386 g/mol. The van der Waals surface area contributed by atoms with Crippen LogP contribution >= 0.6 is 0 Å². The van der Waals surface area contributed by atoms with Crippen molar-refractivity contribution in [1.29, 1.82) is 0 Å². The lowest BCUT2D eigenvalue weighted by Gasteiger charge is -2.13. The first kappa shape index (κ1) is 24.3. The predicted octanol–water partition coefficient (Wildman–Crippen LogP) is 1.11. The molecule has 1 atom stereocenters. The van der Waals surface area contributed by atoms with Crippen molar-refractivity contribution in [3.05, 3.63) is 25.3 Å². The van der Waals surface area contributed by atoms with Gasteiger partial charge < -0.3 is 23.7 Å². The Labute approximate surface area is 158 Å². The summed E-state index contributed by atoms with van der Waals surface area (Å²) in [6.07, 6.45) is 2.09. The van der Waals surface area contributed by atoms with E-state index in [1.807, 2.05) is 0 Å². The van der Waals surface area contributed by atoms with Gasteiger partial charge in [-0.2, -0.15) is 0 Å². The number of rotatable bonds is 15. The topological polar surface area (TPSA) is 114 Å². The van der Waals surface area contributed by atoms with Crippen LogP contribution in [0.1, 0.15) is 26.2 Å². The second-order valence-corrected chi connectivity index (χ2v) is 5.15. The van der Waals surface area contributed by atoms with Gasteiger partial charge in [0.1, 0.15) is 19.8 Å². The quantitative estimate of drug-likeness (QED) is 0.177. The number of ether oxygens (including phenoxy) is 5. The first-order valence-electron chi connectivity index (χ1n) is 8.40. The zero-order chi connectivity index (χ0) is 20.5. The fourth-order valence-corrected chi connectivity index (χ4v) is 1.58. The van der Waals surface area contributed by atoms with E-state index in [0.717, 1.165) is 12.2 Å². The maximum Gasteiger partial charge on any atom is 0.330 e. The first-order valence-corrected chi connectivity index (χ1v) is 8.40. The molecule has 152 valence electrons. The molecule has 0 radical (unpaired) electrons. The summed E-state index contributed by atoms with van der Waals surface area (Å²) in [5.74, 6) is -2.24. The Morgan fingerprint density at radius 3 is 1.70 bits per heavy atom. The van der Waals surface area contributed by atoms with Gasteiger partial charge in [-0.15, -0.1) is 0 Å². The molecule has 27 heavy (non-hydrogen) atoms. The molecule has 0 aliphatic heterocycles. The van der Waals surface area contributed by atoms with Crippen molar-refractivity contribution >= 4 is 23.9 Å². The highest BCUT2D eigenvalue weighted by Gasteiger charge is 2.10. The van der Waals surface area contributed by atoms with E-state index in [4.69, 9.17) is 18.9 Å². The largest absolute Gasteiger partial charge is 0.466 e. The summed E-state index contributed by atoms with van der Waals surface area (Å²) in [5.41, 5.74) is 0. The molecule has 0 fully saturated rings. The molecular formula is C18H26O9. The van der Waals surface area contributed by atoms with E-state index in [1.165, 1.54) is 0 Å². The molecule has 0 spiro atoms. The Kier molecular flexibility index (Phi) is 14.0. The van der Waals surface area contributed by atoms with Gasteiger partial charge in [0, 0.05) is 18.6 Å². The Balaban J connectivity index is 3.63. The van der Waals surface area contributed by atoms with Crippen LogP contribution in [0.15, 0.2) is 25.3 Å². The number of carbonyl (C=O) groups is 4. The van der Waals surface area contributed by atoms with Crippen LogP contribution in [0.4, 0.5) is 0 Å². The minimum atomic E-state index is -0.606. The van der Waals surface area contributed by atoms with Crippen molar-refractivity contribution in [3.63, 3.8) is 0 Å². The summed E-state index contributed by atoms with van der Waals surface area (Å²) in [6.45, 7) is 8.59. The molecule has 0 N–H and O–H groups in total.